The Kier molecular flexibility index (Phi) is 2.12. The first-order valence-electron chi connectivity index (χ1n) is 3.87. The summed E-state index contributed by atoms with van der Waals surface area (Å²) >= 11 is -1.90. The van der Waals surface area contributed by atoms with E-state index in [1.807, 2.05) is 30.3 Å². The van der Waals surface area contributed by atoms with Crippen molar-refractivity contribution >= 4 is 21.9 Å². The lowest BCUT2D eigenvalue weighted by Crippen LogP contribution is -1.89. The highest BCUT2D eigenvalue weighted by molar-refractivity contribution is 7.79. The Morgan fingerprint density at radius 3 is 2.46 bits per heavy atom. The lowest BCUT2D eigenvalue weighted by atomic mass is 10.1. The third-order valence-electron chi connectivity index (χ3n) is 1.94. The number of hydrogen-bond acceptors (Lipinski definition) is 1. The van der Waals surface area contributed by atoms with Crippen LogP contribution in [0.3, 0.4) is 0 Å². The first-order chi connectivity index (χ1) is 6.29. The summed E-state index contributed by atoms with van der Waals surface area (Å²) in [4.78, 5) is 0.470. The molecule has 0 saturated heterocycles. The Hall–Kier alpha value is -1.19. The molecule has 3 heteroatoms. The van der Waals surface area contributed by atoms with Crippen molar-refractivity contribution in [3.8, 4) is 0 Å². The lowest BCUT2D eigenvalue weighted by molar-refractivity contribution is 0.565. The Morgan fingerprint density at radius 1 is 1.00 bits per heavy atom. The van der Waals surface area contributed by atoms with Crippen molar-refractivity contribution in [1.82, 2.24) is 0 Å². The molecular formula is C10H8O2S. The van der Waals surface area contributed by atoms with Gasteiger partial charge in [-0.2, -0.15) is 0 Å². The van der Waals surface area contributed by atoms with Crippen LogP contribution in [0, 0.1) is 0 Å². The fourth-order valence-electron chi connectivity index (χ4n) is 1.35. The molecule has 2 rings (SSSR count). The highest BCUT2D eigenvalue weighted by Gasteiger charge is 2.03. The van der Waals surface area contributed by atoms with E-state index in [0.29, 0.717) is 4.90 Å². The van der Waals surface area contributed by atoms with Crippen LogP contribution in [0.15, 0.2) is 47.4 Å². The van der Waals surface area contributed by atoms with Gasteiger partial charge in [-0.25, -0.2) is 4.21 Å². The van der Waals surface area contributed by atoms with Crippen molar-refractivity contribution < 1.29 is 8.76 Å². The van der Waals surface area contributed by atoms with Gasteiger partial charge in [-0.15, -0.1) is 0 Å². The van der Waals surface area contributed by atoms with Crippen LogP contribution in [0.5, 0.6) is 0 Å². The van der Waals surface area contributed by atoms with E-state index >= 15 is 0 Å². The molecule has 2 aromatic rings. The molecular weight excluding hydrogens is 184 g/mol. The zero-order valence-corrected chi connectivity index (χ0v) is 7.62. The highest BCUT2D eigenvalue weighted by atomic mass is 32.2. The minimum atomic E-state index is -1.90. The Balaban J connectivity index is 2.83. The van der Waals surface area contributed by atoms with E-state index in [-0.39, 0.29) is 0 Å². The van der Waals surface area contributed by atoms with Gasteiger partial charge in [0, 0.05) is 5.39 Å². The van der Waals surface area contributed by atoms with E-state index in [0.717, 1.165) is 10.8 Å². The van der Waals surface area contributed by atoms with Crippen LogP contribution in [-0.2, 0) is 11.1 Å². The first kappa shape index (κ1) is 8.41. The van der Waals surface area contributed by atoms with Crippen molar-refractivity contribution in [2.24, 2.45) is 0 Å². The average molecular weight is 192 g/mol. The predicted molar refractivity (Wildman–Crippen MR) is 53.0 cm³/mol. The fourth-order valence-corrected chi connectivity index (χ4v) is 1.92. The Morgan fingerprint density at radius 2 is 1.69 bits per heavy atom. The van der Waals surface area contributed by atoms with Gasteiger partial charge in [0.05, 0.1) is 4.90 Å². The molecule has 0 aliphatic carbocycles. The summed E-state index contributed by atoms with van der Waals surface area (Å²) in [5, 5.41) is 1.83. The van der Waals surface area contributed by atoms with E-state index in [4.69, 9.17) is 4.55 Å². The Labute approximate surface area is 78.5 Å². The van der Waals surface area contributed by atoms with Gasteiger partial charge >= 0.3 is 0 Å². The molecule has 0 radical (unpaired) electrons. The molecule has 0 heterocycles. The zero-order chi connectivity index (χ0) is 9.26. The highest BCUT2D eigenvalue weighted by Crippen LogP contribution is 2.20. The summed E-state index contributed by atoms with van der Waals surface area (Å²) < 4.78 is 19.9. The van der Waals surface area contributed by atoms with Crippen LogP contribution in [0.1, 0.15) is 0 Å². The van der Waals surface area contributed by atoms with Gasteiger partial charge in [-0.1, -0.05) is 36.4 Å². The molecule has 0 saturated carbocycles. The van der Waals surface area contributed by atoms with Crippen molar-refractivity contribution in [2.45, 2.75) is 4.90 Å². The first-order valence-corrected chi connectivity index (χ1v) is 4.98. The Bertz CT molecular complexity index is 460. The molecule has 0 bridgehead atoms. The maximum Gasteiger partial charge on any atom is 0.187 e. The SMILES string of the molecule is O=S(O)c1cccc2ccccc12. The zero-order valence-electron chi connectivity index (χ0n) is 6.81. The molecule has 0 amide bonds. The molecule has 0 aromatic heterocycles. The van der Waals surface area contributed by atoms with Gasteiger partial charge in [-0.05, 0) is 11.5 Å². The normalized spacial score (nSPS) is 13.0. The maximum atomic E-state index is 10.9. The summed E-state index contributed by atoms with van der Waals surface area (Å²) in [5.74, 6) is 0. The van der Waals surface area contributed by atoms with Gasteiger partial charge in [0.1, 0.15) is 0 Å². The minimum absolute atomic E-state index is 0.470. The number of hydrogen-bond donors (Lipinski definition) is 1. The summed E-state index contributed by atoms with van der Waals surface area (Å²) in [6.45, 7) is 0. The second-order valence-electron chi connectivity index (χ2n) is 2.73. The molecule has 1 unspecified atom stereocenters. The molecule has 1 N–H and O–H groups in total. The average Bonchev–Trinajstić information content (AvgIpc) is 2.17. The quantitative estimate of drug-likeness (QED) is 0.704. The number of fused-ring (bicyclic) bond motifs is 1. The van der Waals surface area contributed by atoms with Crippen LogP contribution in [0.2, 0.25) is 0 Å². The largest absolute Gasteiger partial charge is 0.302 e. The fraction of sp³-hybridized carbons (Fsp3) is 0. The van der Waals surface area contributed by atoms with Crippen LogP contribution >= 0.6 is 0 Å². The van der Waals surface area contributed by atoms with Gasteiger partial charge in [0.15, 0.2) is 11.1 Å². The molecule has 2 aromatic carbocycles. The molecule has 0 aliphatic rings. The molecule has 0 aliphatic heterocycles. The summed E-state index contributed by atoms with van der Waals surface area (Å²) in [6, 6.07) is 12.9. The molecule has 2 nitrogen and oxygen atoms in total. The van der Waals surface area contributed by atoms with E-state index in [2.05, 4.69) is 0 Å². The topological polar surface area (TPSA) is 37.3 Å². The third-order valence-corrected chi connectivity index (χ3v) is 2.67. The van der Waals surface area contributed by atoms with Gasteiger partial charge in [-0.3, -0.25) is 0 Å². The van der Waals surface area contributed by atoms with E-state index in [1.165, 1.54) is 0 Å². The molecule has 1 atom stereocenters. The van der Waals surface area contributed by atoms with Crippen LogP contribution in [0.4, 0.5) is 0 Å². The summed E-state index contributed by atoms with van der Waals surface area (Å²) in [5.41, 5.74) is 0. The third kappa shape index (κ3) is 1.48. The van der Waals surface area contributed by atoms with Gasteiger partial charge in [0.25, 0.3) is 0 Å². The van der Waals surface area contributed by atoms with Crippen molar-refractivity contribution in [2.75, 3.05) is 0 Å². The number of benzene rings is 2. The predicted octanol–water partition coefficient (Wildman–Crippen LogP) is 2.42. The van der Waals surface area contributed by atoms with Gasteiger partial charge < -0.3 is 4.55 Å². The monoisotopic (exact) mass is 192 g/mol. The van der Waals surface area contributed by atoms with Crippen LogP contribution in [-0.4, -0.2) is 8.76 Å². The molecule has 13 heavy (non-hydrogen) atoms. The smallest absolute Gasteiger partial charge is 0.187 e. The minimum Gasteiger partial charge on any atom is -0.302 e. The van der Waals surface area contributed by atoms with E-state index in [9.17, 15) is 4.21 Å². The van der Waals surface area contributed by atoms with E-state index < -0.39 is 11.1 Å². The van der Waals surface area contributed by atoms with Crippen LogP contribution in [0.25, 0.3) is 10.8 Å². The standard InChI is InChI=1S/C10H8O2S/c11-13(12)10-7-3-5-8-4-1-2-6-9(8)10/h1-7H,(H,11,12). The summed E-state index contributed by atoms with van der Waals surface area (Å²) in [6.07, 6.45) is 0. The molecule has 66 valence electrons. The second kappa shape index (κ2) is 3.28. The van der Waals surface area contributed by atoms with Crippen LogP contribution < -0.4 is 0 Å². The van der Waals surface area contributed by atoms with Crippen molar-refractivity contribution in [3.05, 3.63) is 42.5 Å². The summed E-state index contributed by atoms with van der Waals surface area (Å²) in [7, 11) is 0. The second-order valence-corrected chi connectivity index (χ2v) is 3.66. The van der Waals surface area contributed by atoms with E-state index in [1.54, 1.807) is 12.1 Å². The van der Waals surface area contributed by atoms with Gasteiger partial charge in [0.2, 0.25) is 0 Å². The maximum absolute atomic E-state index is 10.9. The van der Waals surface area contributed by atoms with Crippen molar-refractivity contribution in [1.29, 1.82) is 0 Å². The number of rotatable bonds is 1. The molecule has 0 fully saturated rings. The van der Waals surface area contributed by atoms with Crippen molar-refractivity contribution in [3.63, 3.8) is 0 Å². The lowest BCUT2D eigenvalue weighted by Gasteiger charge is -2.00. The molecule has 0 spiro atoms.